The van der Waals surface area contributed by atoms with Crippen LogP contribution in [0, 0.1) is 5.82 Å². The van der Waals surface area contributed by atoms with Gasteiger partial charge in [0.05, 0.1) is 0 Å². The summed E-state index contributed by atoms with van der Waals surface area (Å²) in [4.78, 5) is 0. The molecule has 0 unspecified atom stereocenters. The second-order valence-electron chi connectivity index (χ2n) is 2.83. The smallest absolute Gasteiger partial charge is 0.126 e. The zero-order chi connectivity index (χ0) is 9.68. The quantitative estimate of drug-likeness (QED) is 0.700. The molecule has 0 atom stereocenters. The van der Waals surface area contributed by atoms with Crippen LogP contribution in [0.25, 0.3) is 0 Å². The van der Waals surface area contributed by atoms with Gasteiger partial charge in [0.2, 0.25) is 0 Å². The first-order chi connectivity index (χ1) is 6.27. The highest BCUT2D eigenvalue weighted by molar-refractivity contribution is 5.46. The third-order valence-corrected chi connectivity index (χ3v) is 1.88. The van der Waals surface area contributed by atoms with Crippen molar-refractivity contribution in [1.29, 1.82) is 0 Å². The summed E-state index contributed by atoms with van der Waals surface area (Å²) in [7, 11) is 0. The lowest BCUT2D eigenvalue weighted by Gasteiger charge is -2.05. The number of anilines is 1. The average Bonchev–Trinajstić information content (AvgIpc) is 2.16. The largest absolute Gasteiger partial charge is 0.382 e. The minimum absolute atomic E-state index is 0.133. The van der Waals surface area contributed by atoms with Gasteiger partial charge in [-0.15, -0.1) is 6.58 Å². The van der Waals surface area contributed by atoms with Gasteiger partial charge >= 0.3 is 0 Å². The normalized spacial score (nSPS) is 9.69. The maximum atomic E-state index is 13.0. The molecule has 0 spiro atoms. The maximum absolute atomic E-state index is 13.0. The first-order valence-corrected chi connectivity index (χ1v) is 4.41. The molecule has 13 heavy (non-hydrogen) atoms. The minimum Gasteiger partial charge on any atom is -0.382 e. The van der Waals surface area contributed by atoms with Gasteiger partial charge in [-0.2, -0.15) is 0 Å². The third-order valence-electron chi connectivity index (χ3n) is 1.88. The summed E-state index contributed by atoms with van der Waals surface area (Å²) in [6.07, 6.45) is 2.49. The molecule has 1 N–H and O–H groups in total. The Hall–Kier alpha value is -1.31. The van der Waals surface area contributed by atoms with Crippen molar-refractivity contribution in [2.45, 2.75) is 13.3 Å². The molecule has 0 fully saturated rings. The van der Waals surface area contributed by atoms with Crippen molar-refractivity contribution >= 4 is 5.69 Å². The van der Waals surface area contributed by atoms with E-state index in [1.54, 1.807) is 12.1 Å². The van der Waals surface area contributed by atoms with E-state index in [0.717, 1.165) is 17.7 Å². The molecule has 0 saturated heterocycles. The van der Waals surface area contributed by atoms with Crippen LogP contribution in [0.1, 0.15) is 12.5 Å². The Bertz CT molecular complexity index is 294. The Morgan fingerprint density at radius 3 is 2.92 bits per heavy atom. The fourth-order valence-corrected chi connectivity index (χ4v) is 1.15. The second-order valence-corrected chi connectivity index (χ2v) is 2.83. The standard InChI is InChI=1S/C11H14FN/c1-3-7-13-10-5-6-11(12)9(4-2)8-10/h3,5-6,8,13H,1,4,7H2,2H3. The molecule has 0 bridgehead atoms. The zero-order valence-electron chi connectivity index (χ0n) is 7.81. The number of rotatable bonds is 4. The lowest BCUT2D eigenvalue weighted by atomic mass is 10.1. The molecule has 0 aromatic heterocycles. The van der Waals surface area contributed by atoms with Gasteiger partial charge in [-0.05, 0) is 30.2 Å². The van der Waals surface area contributed by atoms with Crippen LogP contribution in [-0.2, 0) is 6.42 Å². The lowest BCUT2D eigenvalue weighted by Crippen LogP contribution is -1.99. The number of aryl methyl sites for hydroxylation is 1. The number of benzene rings is 1. The molecule has 70 valence electrons. The van der Waals surface area contributed by atoms with Crippen molar-refractivity contribution < 1.29 is 4.39 Å². The number of halogens is 1. The lowest BCUT2D eigenvalue weighted by molar-refractivity contribution is 0.612. The number of hydrogen-bond acceptors (Lipinski definition) is 1. The Morgan fingerprint density at radius 2 is 2.31 bits per heavy atom. The molecule has 0 radical (unpaired) electrons. The van der Waals surface area contributed by atoms with Gasteiger partial charge < -0.3 is 5.32 Å². The molecule has 1 aromatic carbocycles. The molecule has 0 aliphatic carbocycles. The zero-order valence-corrected chi connectivity index (χ0v) is 7.81. The Kier molecular flexibility index (Phi) is 3.50. The third kappa shape index (κ3) is 2.58. The van der Waals surface area contributed by atoms with Crippen LogP contribution in [-0.4, -0.2) is 6.54 Å². The van der Waals surface area contributed by atoms with Crippen molar-refractivity contribution in [1.82, 2.24) is 0 Å². The highest BCUT2D eigenvalue weighted by Crippen LogP contribution is 2.14. The van der Waals surface area contributed by atoms with Crippen LogP contribution in [0.3, 0.4) is 0 Å². The van der Waals surface area contributed by atoms with E-state index in [4.69, 9.17) is 0 Å². The fraction of sp³-hybridized carbons (Fsp3) is 0.273. The highest BCUT2D eigenvalue weighted by Gasteiger charge is 1.99. The Labute approximate surface area is 78.3 Å². The molecule has 1 nitrogen and oxygen atoms in total. The van der Waals surface area contributed by atoms with Gasteiger partial charge in [0, 0.05) is 12.2 Å². The van der Waals surface area contributed by atoms with Crippen molar-refractivity contribution in [3.63, 3.8) is 0 Å². The van der Waals surface area contributed by atoms with Crippen molar-refractivity contribution in [3.8, 4) is 0 Å². The van der Waals surface area contributed by atoms with Crippen LogP contribution in [0.5, 0.6) is 0 Å². The van der Waals surface area contributed by atoms with E-state index >= 15 is 0 Å². The second kappa shape index (κ2) is 4.65. The highest BCUT2D eigenvalue weighted by atomic mass is 19.1. The van der Waals surface area contributed by atoms with E-state index in [1.165, 1.54) is 6.07 Å². The Morgan fingerprint density at radius 1 is 1.54 bits per heavy atom. The van der Waals surface area contributed by atoms with E-state index in [9.17, 15) is 4.39 Å². The fourth-order valence-electron chi connectivity index (χ4n) is 1.15. The molecule has 1 aromatic rings. The van der Waals surface area contributed by atoms with Gasteiger partial charge in [-0.25, -0.2) is 4.39 Å². The minimum atomic E-state index is -0.133. The summed E-state index contributed by atoms with van der Waals surface area (Å²) < 4.78 is 13.0. The van der Waals surface area contributed by atoms with E-state index in [1.807, 2.05) is 13.0 Å². The van der Waals surface area contributed by atoms with Crippen molar-refractivity contribution in [3.05, 3.63) is 42.2 Å². The summed E-state index contributed by atoms with van der Waals surface area (Å²) in [6, 6.07) is 5.06. The van der Waals surface area contributed by atoms with Crippen LogP contribution in [0.4, 0.5) is 10.1 Å². The first kappa shape index (κ1) is 9.78. The summed E-state index contributed by atoms with van der Waals surface area (Å²) in [5.41, 5.74) is 1.69. The van der Waals surface area contributed by atoms with Crippen LogP contribution in [0.15, 0.2) is 30.9 Å². The molecule has 0 heterocycles. The molecule has 0 saturated carbocycles. The maximum Gasteiger partial charge on any atom is 0.126 e. The summed E-state index contributed by atoms with van der Waals surface area (Å²) in [5.74, 6) is -0.133. The molecule has 0 amide bonds. The predicted molar refractivity (Wildman–Crippen MR) is 54.5 cm³/mol. The van der Waals surface area contributed by atoms with Crippen molar-refractivity contribution in [2.24, 2.45) is 0 Å². The molecule has 0 aliphatic rings. The van der Waals surface area contributed by atoms with E-state index in [0.29, 0.717) is 6.54 Å². The SMILES string of the molecule is C=CCNc1ccc(F)c(CC)c1. The van der Waals surface area contributed by atoms with Gasteiger partial charge in [0.1, 0.15) is 5.82 Å². The van der Waals surface area contributed by atoms with E-state index in [-0.39, 0.29) is 5.82 Å². The monoisotopic (exact) mass is 179 g/mol. The van der Waals surface area contributed by atoms with Crippen LogP contribution < -0.4 is 5.32 Å². The van der Waals surface area contributed by atoms with Gasteiger partial charge in [0.25, 0.3) is 0 Å². The van der Waals surface area contributed by atoms with Gasteiger partial charge in [-0.1, -0.05) is 13.0 Å². The van der Waals surface area contributed by atoms with E-state index in [2.05, 4.69) is 11.9 Å². The Balaban J connectivity index is 2.79. The molecule has 0 aliphatic heterocycles. The number of nitrogens with one attached hydrogen (secondary N) is 1. The topological polar surface area (TPSA) is 12.0 Å². The summed E-state index contributed by atoms with van der Waals surface area (Å²) >= 11 is 0. The molecule has 1 rings (SSSR count). The average molecular weight is 179 g/mol. The van der Waals surface area contributed by atoms with Crippen LogP contribution >= 0.6 is 0 Å². The predicted octanol–water partition coefficient (Wildman–Crippen LogP) is 2.99. The van der Waals surface area contributed by atoms with E-state index < -0.39 is 0 Å². The molecular weight excluding hydrogens is 165 g/mol. The number of hydrogen-bond donors (Lipinski definition) is 1. The van der Waals surface area contributed by atoms with Crippen molar-refractivity contribution in [2.75, 3.05) is 11.9 Å². The van der Waals surface area contributed by atoms with Crippen LogP contribution in [0.2, 0.25) is 0 Å². The molecular formula is C11H14FN. The molecule has 2 heteroatoms. The summed E-state index contributed by atoms with van der Waals surface area (Å²) in [6.45, 7) is 6.24. The first-order valence-electron chi connectivity index (χ1n) is 4.41. The van der Waals surface area contributed by atoms with Gasteiger partial charge in [-0.3, -0.25) is 0 Å². The van der Waals surface area contributed by atoms with Gasteiger partial charge in [0.15, 0.2) is 0 Å². The summed E-state index contributed by atoms with van der Waals surface area (Å²) in [5, 5.41) is 3.11.